The molecular formula is C17H20ClNO5. The minimum absolute atomic E-state index is 0.0225. The average Bonchev–Trinajstić information content (AvgIpc) is 2.60. The van der Waals surface area contributed by atoms with E-state index in [1.165, 1.54) is 7.11 Å². The summed E-state index contributed by atoms with van der Waals surface area (Å²) in [4.78, 5) is 26.1. The number of hydrogen-bond acceptors (Lipinski definition) is 5. The van der Waals surface area contributed by atoms with Crippen molar-refractivity contribution in [3.05, 3.63) is 17.7 Å². The van der Waals surface area contributed by atoms with Crippen molar-refractivity contribution in [1.82, 2.24) is 4.90 Å². The summed E-state index contributed by atoms with van der Waals surface area (Å²) in [5, 5.41) is 0. The first-order chi connectivity index (χ1) is 11.5. The van der Waals surface area contributed by atoms with Crippen molar-refractivity contribution in [2.45, 2.75) is 24.9 Å². The maximum absolute atomic E-state index is 12.6. The van der Waals surface area contributed by atoms with Crippen LogP contribution in [0.4, 0.5) is 0 Å². The lowest BCUT2D eigenvalue weighted by Crippen LogP contribution is -2.52. The number of likely N-dealkylation sites (tertiary alicyclic amines) is 1. The van der Waals surface area contributed by atoms with Crippen LogP contribution < -0.4 is 14.2 Å². The highest BCUT2D eigenvalue weighted by molar-refractivity contribution is 6.27. The molecule has 3 rings (SSSR count). The van der Waals surface area contributed by atoms with Gasteiger partial charge in [-0.15, -0.1) is 11.6 Å². The van der Waals surface area contributed by atoms with Crippen LogP contribution in [-0.2, 0) is 4.79 Å². The minimum Gasteiger partial charge on any atom is -0.493 e. The van der Waals surface area contributed by atoms with Crippen LogP contribution in [-0.4, -0.2) is 55.4 Å². The van der Waals surface area contributed by atoms with Crippen molar-refractivity contribution >= 4 is 23.3 Å². The Morgan fingerprint density at radius 1 is 1.29 bits per heavy atom. The van der Waals surface area contributed by atoms with E-state index in [0.29, 0.717) is 55.2 Å². The maximum atomic E-state index is 12.6. The first-order valence-corrected chi connectivity index (χ1v) is 8.38. The highest BCUT2D eigenvalue weighted by Gasteiger charge is 2.45. The molecule has 0 bridgehead atoms. The van der Waals surface area contributed by atoms with Crippen LogP contribution in [0.3, 0.4) is 0 Å². The van der Waals surface area contributed by atoms with Gasteiger partial charge in [0.1, 0.15) is 11.5 Å². The number of benzene rings is 1. The van der Waals surface area contributed by atoms with Crippen molar-refractivity contribution in [1.29, 1.82) is 0 Å². The Kier molecular flexibility index (Phi) is 4.58. The Bertz CT molecular complexity index is 667. The zero-order valence-corrected chi connectivity index (χ0v) is 14.5. The molecule has 0 aromatic heterocycles. The predicted molar refractivity (Wildman–Crippen MR) is 88.4 cm³/mol. The van der Waals surface area contributed by atoms with E-state index >= 15 is 0 Å². The monoisotopic (exact) mass is 353 g/mol. The summed E-state index contributed by atoms with van der Waals surface area (Å²) in [7, 11) is 3.07. The molecule has 6 nitrogen and oxygen atoms in total. The standard InChI is InChI=1S/C17H20ClNO5/c1-22-13-4-3-11-12(20)9-17(24-15(11)16(13)23-2)5-7-19(8-6-17)14(21)10-18/h3-4H,5-10H2,1-2H3. The molecule has 2 aliphatic rings. The number of carbonyl (C=O) groups excluding carboxylic acids is 2. The molecule has 0 radical (unpaired) electrons. The quantitative estimate of drug-likeness (QED) is 0.780. The molecule has 24 heavy (non-hydrogen) atoms. The zero-order valence-electron chi connectivity index (χ0n) is 13.8. The fraction of sp³-hybridized carbons (Fsp3) is 0.529. The van der Waals surface area contributed by atoms with Gasteiger partial charge in [0.15, 0.2) is 17.3 Å². The van der Waals surface area contributed by atoms with E-state index in [4.69, 9.17) is 25.8 Å². The van der Waals surface area contributed by atoms with Gasteiger partial charge >= 0.3 is 0 Å². The summed E-state index contributed by atoms with van der Waals surface area (Å²) in [6.45, 7) is 1.06. The smallest absolute Gasteiger partial charge is 0.237 e. The molecule has 0 saturated carbocycles. The number of carbonyl (C=O) groups is 2. The Balaban J connectivity index is 1.89. The van der Waals surface area contributed by atoms with Crippen LogP contribution in [0.1, 0.15) is 29.6 Å². The normalized spacial score (nSPS) is 18.8. The summed E-state index contributed by atoms with van der Waals surface area (Å²) < 4.78 is 17.0. The molecule has 2 heterocycles. The number of ether oxygens (including phenoxy) is 3. The first-order valence-electron chi connectivity index (χ1n) is 7.84. The second-order valence-electron chi connectivity index (χ2n) is 6.08. The number of halogens is 1. The van der Waals surface area contributed by atoms with E-state index < -0.39 is 5.60 Å². The number of piperidine rings is 1. The molecule has 0 atom stereocenters. The summed E-state index contributed by atoms with van der Waals surface area (Å²) in [6, 6.07) is 3.41. The Labute approximate surface area is 145 Å². The molecule has 130 valence electrons. The molecule has 1 aromatic carbocycles. The lowest BCUT2D eigenvalue weighted by molar-refractivity contribution is -0.132. The van der Waals surface area contributed by atoms with Gasteiger partial charge in [-0.05, 0) is 12.1 Å². The third-order valence-electron chi connectivity index (χ3n) is 4.74. The molecule has 7 heteroatoms. The van der Waals surface area contributed by atoms with E-state index in [0.717, 1.165) is 0 Å². The van der Waals surface area contributed by atoms with Gasteiger partial charge in [0, 0.05) is 25.9 Å². The molecule has 1 amide bonds. The summed E-state index contributed by atoms with van der Waals surface area (Å²) >= 11 is 5.62. The number of alkyl halides is 1. The second kappa shape index (κ2) is 6.51. The largest absolute Gasteiger partial charge is 0.493 e. The highest BCUT2D eigenvalue weighted by atomic mass is 35.5. The summed E-state index contributed by atoms with van der Waals surface area (Å²) in [5.74, 6) is 1.30. The Hall–Kier alpha value is -1.95. The van der Waals surface area contributed by atoms with Crippen molar-refractivity contribution in [2.24, 2.45) is 0 Å². The van der Waals surface area contributed by atoms with E-state index in [1.807, 2.05) is 0 Å². The number of ketones is 1. The van der Waals surface area contributed by atoms with Gasteiger partial charge in [0.25, 0.3) is 0 Å². The van der Waals surface area contributed by atoms with Gasteiger partial charge in [-0.3, -0.25) is 9.59 Å². The third-order valence-corrected chi connectivity index (χ3v) is 4.97. The lowest BCUT2D eigenvalue weighted by atomic mass is 9.82. The van der Waals surface area contributed by atoms with Gasteiger partial charge in [-0.1, -0.05) is 0 Å². The molecule has 1 spiro atoms. The lowest BCUT2D eigenvalue weighted by Gasteiger charge is -2.44. The molecule has 1 aromatic rings. The van der Waals surface area contributed by atoms with Crippen LogP contribution in [0.15, 0.2) is 12.1 Å². The van der Waals surface area contributed by atoms with Crippen LogP contribution in [0.25, 0.3) is 0 Å². The van der Waals surface area contributed by atoms with Gasteiger partial charge < -0.3 is 19.1 Å². The third kappa shape index (κ3) is 2.79. The van der Waals surface area contributed by atoms with Crippen LogP contribution in [0.5, 0.6) is 17.2 Å². The molecule has 0 unspecified atom stereocenters. The predicted octanol–water partition coefficient (Wildman–Crippen LogP) is 2.27. The van der Waals surface area contributed by atoms with E-state index in [1.54, 1.807) is 24.1 Å². The molecule has 0 N–H and O–H groups in total. The second-order valence-corrected chi connectivity index (χ2v) is 6.34. The average molecular weight is 354 g/mol. The van der Waals surface area contributed by atoms with Gasteiger partial charge in [0.05, 0.1) is 26.2 Å². The van der Waals surface area contributed by atoms with Crippen LogP contribution in [0.2, 0.25) is 0 Å². The number of amides is 1. The number of fused-ring (bicyclic) bond motifs is 1. The Morgan fingerprint density at radius 2 is 2.00 bits per heavy atom. The van der Waals surface area contributed by atoms with Crippen molar-refractivity contribution in [2.75, 3.05) is 33.2 Å². The number of hydrogen-bond donors (Lipinski definition) is 0. The topological polar surface area (TPSA) is 65.1 Å². The number of nitrogens with zero attached hydrogens (tertiary/aromatic N) is 1. The molecule has 1 saturated heterocycles. The first kappa shape index (κ1) is 16.9. The number of rotatable bonds is 3. The van der Waals surface area contributed by atoms with E-state index in [2.05, 4.69) is 0 Å². The SMILES string of the molecule is COc1ccc2c(c1OC)OC1(CCN(C(=O)CCl)CC1)CC2=O. The van der Waals surface area contributed by atoms with Gasteiger partial charge in [-0.2, -0.15) is 0 Å². The fourth-order valence-corrected chi connectivity index (χ4v) is 3.56. The van der Waals surface area contributed by atoms with E-state index in [-0.39, 0.29) is 17.6 Å². The highest BCUT2D eigenvalue weighted by Crippen LogP contribution is 2.47. The molecule has 0 aliphatic carbocycles. The summed E-state index contributed by atoms with van der Waals surface area (Å²) in [5.41, 5.74) is -0.0927. The zero-order chi connectivity index (χ0) is 17.3. The van der Waals surface area contributed by atoms with Crippen LogP contribution in [0, 0.1) is 0 Å². The van der Waals surface area contributed by atoms with Crippen LogP contribution >= 0.6 is 11.6 Å². The van der Waals surface area contributed by atoms with Gasteiger partial charge in [0.2, 0.25) is 11.7 Å². The number of Topliss-reactive ketones (excluding diaryl/α,β-unsaturated/α-hetero) is 1. The number of methoxy groups -OCH3 is 2. The summed E-state index contributed by atoms with van der Waals surface area (Å²) in [6.07, 6.45) is 1.47. The maximum Gasteiger partial charge on any atom is 0.237 e. The minimum atomic E-state index is -0.604. The van der Waals surface area contributed by atoms with Crippen molar-refractivity contribution in [3.8, 4) is 17.2 Å². The molecular weight excluding hydrogens is 334 g/mol. The molecule has 2 aliphatic heterocycles. The molecule has 1 fully saturated rings. The van der Waals surface area contributed by atoms with Crippen molar-refractivity contribution in [3.63, 3.8) is 0 Å². The van der Waals surface area contributed by atoms with Crippen molar-refractivity contribution < 1.29 is 23.8 Å². The van der Waals surface area contributed by atoms with Gasteiger partial charge in [-0.25, -0.2) is 0 Å². The Morgan fingerprint density at radius 3 is 2.58 bits per heavy atom. The fourth-order valence-electron chi connectivity index (χ4n) is 3.39. The van der Waals surface area contributed by atoms with E-state index in [9.17, 15) is 9.59 Å².